The highest BCUT2D eigenvalue weighted by atomic mass is 14.6. The van der Waals surface area contributed by atoms with Crippen molar-refractivity contribution >= 4 is 12.9 Å². The maximum Gasteiger partial charge on any atom is 0.0307 e. The Balaban J connectivity index is 3.80. The van der Waals surface area contributed by atoms with Gasteiger partial charge in [0.15, 0.2) is 0 Å². The third-order valence-electron chi connectivity index (χ3n) is 0.981. The predicted octanol–water partition coefficient (Wildman–Crippen LogP) is 2.02. The Bertz CT molecular complexity index is 125. The Morgan fingerprint density at radius 1 is 1.78 bits per heavy atom. The number of rotatable bonds is 4. The molecule has 0 atom stereocenters. The molecule has 0 heterocycles. The molecule has 0 saturated heterocycles. The predicted molar refractivity (Wildman–Crippen MR) is 41.3 cm³/mol. The molecule has 0 bridgehead atoms. The van der Waals surface area contributed by atoms with Crippen molar-refractivity contribution in [3.8, 4) is 0 Å². The van der Waals surface area contributed by atoms with Crippen LogP contribution in [-0.2, 0) is 0 Å². The molecule has 0 saturated carbocycles. The molecule has 50 valence electrons. The van der Waals surface area contributed by atoms with Crippen molar-refractivity contribution in [3.05, 3.63) is 11.8 Å². The van der Waals surface area contributed by atoms with Crippen molar-refractivity contribution in [2.24, 2.45) is 4.99 Å². The summed E-state index contributed by atoms with van der Waals surface area (Å²) < 4.78 is 0. The highest BCUT2D eigenvalue weighted by Gasteiger charge is 1.86. The van der Waals surface area contributed by atoms with E-state index in [0.717, 1.165) is 18.4 Å². The maximum absolute atomic E-state index is 6.89. The van der Waals surface area contributed by atoms with E-state index in [-0.39, 0.29) is 0 Å². The first-order chi connectivity index (χ1) is 4.35. The van der Waals surface area contributed by atoms with Gasteiger partial charge in [-0.1, -0.05) is 13.3 Å². The second-order valence-corrected chi connectivity index (χ2v) is 1.78. The summed E-state index contributed by atoms with van der Waals surface area (Å²) in [4.78, 5) is 3.56. The van der Waals surface area contributed by atoms with Gasteiger partial charge in [0.2, 0.25) is 0 Å². The molecule has 0 aliphatic heterocycles. The van der Waals surface area contributed by atoms with Gasteiger partial charge in [-0.2, -0.15) is 0 Å². The molecule has 0 aliphatic rings. The molecule has 0 radical (unpaired) electrons. The molecule has 0 aromatic heterocycles. The maximum atomic E-state index is 6.89. The van der Waals surface area contributed by atoms with E-state index in [1.54, 1.807) is 6.20 Å². The topological polar surface area (TPSA) is 36.2 Å². The summed E-state index contributed by atoms with van der Waals surface area (Å²) in [5.41, 5.74) is 0.938. The van der Waals surface area contributed by atoms with Crippen LogP contribution in [0.3, 0.4) is 0 Å². The highest BCUT2D eigenvalue weighted by molar-refractivity contribution is 5.75. The average Bonchev–Trinajstić information content (AvgIpc) is 1.88. The smallest absolute Gasteiger partial charge is 0.0307 e. The molecule has 0 unspecified atom stereocenters. The van der Waals surface area contributed by atoms with Gasteiger partial charge in [0, 0.05) is 12.4 Å². The molecule has 0 rings (SSSR count). The number of aliphatic imine (C=N–C) groups is 1. The summed E-state index contributed by atoms with van der Waals surface area (Å²) in [6, 6.07) is 0. The van der Waals surface area contributed by atoms with Crippen LogP contribution in [0.2, 0.25) is 0 Å². The highest BCUT2D eigenvalue weighted by Crippen LogP contribution is 2.00. The van der Waals surface area contributed by atoms with E-state index in [4.69, 9.17) is 5.41 Å². The minimum absolute atomic E-state index is 0.919. The summed E-state index contributed by atoms with van der Waals surface area (Å²) in [6.07, 6.45) is 4.91. The van der Waals surface area contributed by atoms with Crippen LogP contribution in [0.15, 0.2) is 16.8 Å². The Morgan fingerprint density at radius 2 is 2.44 bits per heavy atom. The van der Waals surface area contributed by atoms with Gasteiger partial charge in [0.1, 0.15) is 0 Å². The first-order valence-electron chi connectivity index (χ1n) is 3.00. The molecule has 0 aromatic carbocycles. The van der Waals surface area contributed by atoms with Gasteiger partial charge in [-0.05, 0) is 18.7 Å². The summed E-state index contributed by atoms with van der Waals surface area (Å²) in [5.74, 6) is 0. The monoisotopic (exact) mass is 124 g/mol. The van der Waals surface area contributed by atoms with Crippen LogP contribution in [0.5, 0.6) is 0 Å². The zero-order valence-electron chi connectivity index (χ0n) is 5.72. The van der Waals surface area contributed by atoms with Crippen molar-refractivity contribution in [2.45, 2.75) is 19.8 Å². The molecule has 2 nitrogen and oxygen atoms in total. The Kier molecular flexibility index (Phi) is 4.69. The van der Waals surface area contributed by atoms with Gasteiger partial charge in [-0.15, -0.1) is 0 Å². The van der Waals surface area contributed by atoms with Crippen LogP contribution >= 0.6 is 0 Å². The van der Waals surface area contributed by atoms with Crippen LogP contribution in [0.25, 0.3) is 0 Å². The van der Waals surface area contributed by atoms with Crippen molar-refractivity contribution in [2.75, 3.05) is 0 Å². The lowest BCUT2D eigenvalue weighted by Crippen LogP contribution is -1.80. The molecular formula is C7H12N2. The minimum Gasteiger partial charge on any atom is -0.308 e. The number of hydrogen-bond acceptors (Lipinski definition) is 2. The molecule has 0 spiro atoms. The first-order valence-corrected chi connectivity index (χ1v) is 3.00. The molecule has 0 aromatic rings. The second-order valence-electron chi connectivity index (χ2n) is 1.78. The van der Waals surface area contributed by atoms with E-state index in [1.807, 2.05) is 0 Å². The van der Waals surface area contributed by atoms with E-state index < -0.39 is 0 Å². The number of allylic oxidation sites excluding steroid dienone is 1. The summed E-state index contributed by atoms with van der Waals surface area (Å²) in [5, 5.41) is 6.89. The Labute approximate surface area is 55.8 Å². The fourth-order valence-corrected chi connectivity index (χ4v) is 0.580. The van der Waals surface area contributed by atoms with Crippen molar-refractivity contribution in [3.63, 3.8) is 0 Å². The van der Waals surface area contributed by atoms with E-state index in [2.05, 4.69) is 18.6 Å². The van der Waals surface area contributed by atoms with Gasteiger partial charge >= 0.3 is 0 Å². The fourth-order valence-electron chi connectivity index (χ4n) is 0.580. The molecule has 2 heteroatoms. The minimum atomic E-state index is 0.919. The average molecular weight is 124 g/mol. The lowest BCUT2D eigenvalue weighted by molar-refractivity contribution is 0.935. The molecule has 0 amide bonds. The van der Waals surface area contributed by atoms with Gasteiger partial charge in [-0.25, -0.2) is 0 Å². The molecule has 0 aliphatic carbocycles. The summed E-state index contributed by atoms with van der Waals surface area (Å²) in [6.45, 7) is 5.37. The number of nitrogens with zero attached hydrogens (tertiary/aromatic N) is 1. The van der Waals surface area contributed by atoms with Crippen molar-refractivity contribution in [1.29, 1.82) is 5.41 Å². The first kappa shape index (κ1) is 8.08. The van der Waals surface area contributed by atoms with Crippen LogP contribution in [0.1, 0.15) is 19.8 Å². The van der Waals surface area contributed by atoms with Crippen LogP contribution in [-0.4, -0.2) is 12.9 Å². The number of nitrogens with one attached hydrogen (secondary N) is 1. The zero-order chi connectivity index (χ0) is 7.11. The van der Waals surface area contributed by atoms with Crippen LogP contribution < -0.4 is 0 Å². The van der Waals surface area contributed by atoms with E-state index in [1.165, 1.54) is 6.21 Å². The van der Waals surface area contributed by atoms with Gasteiger partial charge in [-0.3, -0.25) is 4.99 Å². The fraction of sp³-hybridized carbons (Fsp3) is 0.429. The SMILES string of the molecule is C=N/C=C(\C=N)CCC. The molecule has 1 N–H and O–H groups in total. The summed E-state index contributed by atoms with van der Waals surface area (Å²) >= 11 is 0. The van der Waals surface area contributed by atoms with Crippen LogP contribution in [0.4, 0.5) is 0 Å². The lowest BCUT2D eigenvalue weighted by Gasteiger charge is -1.92. The van der Waals surface area contributed by atoms with E-state index >= 15 is 0 Å². The van der Waals surface area contributed by atoms with E-state index in [9.17, 15) is 0 Å². The number of hydrogen-bond donors (Lipinski definition) is 1. The lowest BCUT2D eigenvalue weighted by atomic mass is 10.2. The van der Waals surface area contributed by atoms with Gasteiger partial charge < -0.3 is 5.41 Å². The molecule has 0 fully saturated rings. The quantitative estimate of drug-likeness (QED) is 0.557. The van der Waals surface area contributed by atoms with E-state index in [0.29, 0.717) is 0 Å². The largest absolute Gasteiger partial charge is 0.308 e. The van der Waals surface area contributed by atoms with Crippen molar-refractivity contribution < 1.29 is 0 Å². The standard InChI is InChI=1S/C7H12N2/c1-3-4-7(5-8)6-9-2/h5-6,8H,2-4H2,1H3/b7-6-,8-5?. The van der Waals surface area contributed by atoms with Crippen LogP contribution in [0, 0.1) is 5.41 Å². The normalized spacial score (nSPS) is 11.0. The van der Waals surface area contributed by atoms with Crippen molar-refractivity contribution in [1.82, 2.24) is 0 Å². The second kappa shape index (κ2) is 5.22. The third kappa shape index (κ3) is 3.64. The summed E-state index contributed by atoms with van der Waals surface area (Å²) in [7, 11) is 0. The molecular weight excluding hydrogens is 112 g/mol. The Morgan fingerprint density at radius 3 is 2.78 bits per heavy atom. The van der Waals surface area contributed by atoms with Gasteiger partial charge in [0.25, 0.3) is 0 Å². The zero-order valence-corrected chi connectivity index (χ0v) is 5.72. The molecule has 9 heavy (non-hydrogen) atoms. The third-order valence-corrected chi connectivity index (χ3v) is 0.981. The Hall–Kier alpha value is -0.920. The van der Waals surface area contributed by atoms with Gasteiger partial charge in [0.05, 0.1) is 0 Å².